The summed E-state index contributed by atoms with van der Waals surface area (Å²) in [5.74, 6) is 0.942. The second-order valence-corrected chi connectivity index (χ2v) is 8.12. The van der Waals surface area contributed by atoms with Crippen LogP contribution >= 0.6 is 22.9 Å². The van der Waals surface area contributed by atoms with Crippen LogP contribution in [0.25, 0.3) is 0 Å². The first kappa shape index (κ1) is 20.1. The molecule has 1 aliphatic rings. The summed E-state index contributed by atoms with van der Waals surface area (Å²) in [6.07, 6.45) is 0. The van der Waals surface area contributed by atoms with Crippen LogP contribution < -0.4 is 10.1 Å². The van der Waals surface area contributed by atoms with Crippen molar-refractivity contribution in [3.8, 4) is 5.75 Å². The standard InChI is InChI=1S/C20H26ClN3O2S/c1-16(20(25)22-15-19-3-2-14-27-19)24-10-8-23(9-11-24)12-13-26-18-6-4-17(21)5-7-18/h2-7,14,16H,8-13,15H2,1H3,(H,22,25)/t16-/m1/s1. The molecule has 1 aliphatic heterocycles. The molecule has 2 aromatic rings. The van der Waals surface area contributed by atoms with Gasteiger partial charge in [-0.3, -0.25) is 14.6 Å². The van der Waals surface area contributed by atoms with E-state index in [9.17, 15) is 4.79 Å². The van der Waals surface area contributed by atoms with Gasteiger partial charge in [0.15, 0.2) is 0 Å². The smallest absolute Gasteiger partial charge is 0.237 e. The Morgan fingerprint density at radius 1 is 1.22 bits per heavy atom. The Balaban J connectivity index is 1.34. The molecule has 5 nitrogen and oxygen atoms in total. The van der Waals surface area contributed by atoms with Crippen LogP contribution in [0.2, 0.25) is 5.02 Å². The van der Waals surface area contributed by atoms with Gasteiger partial charge in [-0.25, -0.2) is 0 Å². The van der Waals surface area contributed by atoms with Crippen LogP contribution in [0.1, 0.15) is 11.8 Å². The van der Waals surface area contributed by atoms with Gasteiger partial charge in [-0.2, -0.15) is 0 Å². The summed E-state index contributed by atoms with van der Waals surface area (Å²) in [6.45, 7) is 7.84. The number of thiophene rings is 1. The van der Waals surface area contributed by atoms with Gasteiger partial charge in [0.1, 0.15) is 12.4 Å². The van der Waals surface area contributed by atoms with E-state index in [0.717, 1.165) is 38.5 Å². The lowest BCUT2D eigenvalue weighted by molar-refractivity contribution is -0.126. The van der Waals surface area contributed by atoms with Crippen molar-refractivity contribution in [3.63, 3.8) is 0 Å². The molecule has 0 aliphatic carbocycles. The number of halogens is 1. The van der Waals surface area contributed by atoms with Crippen LogP contribution in [0, 0.1) is 0 Å². The van der Waals surface area contributed by atoms with E-state index in [1.165, 1.54) is 4.88 Å². The Bertz CT molecular complexity index is 701. The zero-order valence-electron chi connectivity index (χ0n) is 15.6. The van der Waals surface area contributed by atoms with Crippen LogP contribution in [-0.2, 0) is 11.3 Å². The largest absolute Gasteiger partial charge is 0.492 e. The van der Waals surface area contributed by atoms with Crippen molar-refractivity contribution < 1.29 is 9.53 Å². The van der Waals surface area contributed by atoms with Crippen molar-refractivity contribution in [1.82, 2.24) is 15.1 Å². The molecule has 2 heterocycles. The molecule has 0 unspecified atom stereocenters. The van der Waals surface area contributed by atoms with Crippen LogP contribution in [0.4, 0.5) is 0 Å². The van der Waals surface area contributed by atoms with Crippen molar-refractivity contribution in [1.29, 1.82) is 0 Å². The maximum absolute atomic E-state index is 12.4. The first-order valence-electron chi connectivity index (χ1n) is 9.26. The molecule has 0 radical (unpaired) electrons. The minimum absolute atomic E-state index is 0.0996. The van der Waals surface area contributed by atoms with E-state index in [2.05, 4.69) is 15.1 Å². The number of benzene rings is 1. The third kappa shape index (κ3) is 6.21. The molecule has 1 atom stereocenters. The van der Waals surface area contributed by atoms with E-state index in [1.807, 2.05) is 48.7 Å². The second kappa shape index (κ2) is 10.1. The van der Waals surface area contributed by atoms with Gasteiger partial charge >= 0.3 is 0 Å². The molecule has 27 heavy (non-hydrogen) atoms. The molecule has 1 aromatic carbocycles. The summed E-state index contributed by atoms with van der Waals surface area (Å²) >= 11 is 7.54. The van der Waals surface area contributed by atoms with Gasteiger partial charge in [0, 0.05) is 42.6 Å². The quantitative estimate of drug-likeness (QED) is 0.730. The third-order valence-corrected chi connectivity index (χ3v) is 5.97. The Morgan fingerprint density at radius 3 is 2.63 bits per heavy atom. The lowest BCUT2D eigenvalue weighted by Gasteiger charge is -2.37. The summed E-state index contributed by atoms with van der Waals surface area (Å²) in [5, 5.41) is 5.78. The molecule has 0 spiro atoms. The van der Waals surface area contributed by atoms with E-state index >= 15 is 0 Å². The summed E-state index contributed by atoms with van der Waals surface area (Å²) in [7, 11) is 0. The van der Waals surface area contributed by atoms with E-state index in [4.69, 9.17) is 16.3 Å². The Kier molecular flexibility index (Phi) is 7.52. The highest BCUT2D eigenvalue weighted by Gasteiger charge is 2.25. The average Bonchev–Trinajstić information content (AvgIpc) is 3.21. The van der Waals surface area contributed by atoms with Gasteiger partial charge in [0.2, 0.25) is 5.91 Å². The SMILES string of the molecule is C[C@H](C(=O)NCc1cccs1)N1CCN(CCOc2ccc(Cl)cc2)CC1. The third-order valence-electron chi connectivity index (χ3n) is 4.84. The van der Waals surface area contributed by atoms with E-state index in [-0.39, 0.29) is 11.9 Å². The Morgan fingerprint density at radius 2 is 1.96 bits per heavy atom. The molecule has 3 rings (SSSR count). The lowest BCUT2D eigenvalue weighted by Crippen LogP contribution is -2.54. The number of nitrogens with one attached hydrogen (secondary N) is 1. The molecule has 1 fully saturated rings. The van der Waals surface area contributed by atoms with Gasteiger partial charge in [-0.1, -0.05) is 17.7 Å². The number of rotatable bonds is 8. The molecular weight excluding hydrogens is 382 g/mol. The van der Waals surface area contributed by atoms with Crippen molar-refractivity contribution in [2.75, 3.05) is 39.3 Å². The average molecular weight is 408 g/mol. The minimum Gasteiger partial charge on any atom is -0.492 e. The predicted molar refractivity (Wildman–Crippen MR) is 111 cm³/mol. The van der Waals surface area contributed by atoms with Crippen LogP contribution in [0.5, 0.6) is 5.75 Å². The van der Waals surface area contributed by atoms with Crippen LogP contribution in [0.15, 0.2) is 41.8 Å². The van der Waals surface area contributed by atoms with Crippen molar-refractivity contribution >= 4 is 28.8 Å². The number of carbonyl (C=O) groups is 1. The maximum Gasteiger partial charge on any atom is 0.237 e. The Labute approximate surface area is 169 Å². The fourth-order valence-electron chi connectivity index (χ4n) is 3.10. The second-order valence-electron chi connectivity index (χ2n) is 6.65. The number of nitrogens with zero attached hydrogens (tertiary/aromatic N) is 2. The summed E-state index contributed by atoms with van der Waals surface area (Å²) in [4.78, 5) is 18.2. The Hall–Kier alpha value is -1.60. The highest BCUT2D eigenvalue weighted by molar-refractivity contribution is 7.09. The maximum atomic E-state index is 12.4. The van der Waals surface area contributed by atoms with Gasteiger partial charge in [0.05, 0.1) is 12.6 Å². The number of ether oxygens (including phenoxy) is 1. The summed E-state index contributed by atoms with van der Waals surface area (Å²) < 4.78 is 5.77. The monoisotopic (exact) mass is 407 g/mol. The lowest BCUT2D eigenvalue weighted by atomic mass is 10.2. The van der Waals surface area contributed by atoms with Crippen molar-refractivity contribution in [2.24, 2.45) is 0 Å². The summed E-state index contributed by atoms with van der Waals surface area (Å²) in [6, 6.07) is 11.4. The number of amides is 1. The molecule has 7 heteroatoms. The number of piperazine rings is 1. The van der Waals surface area contributed by atoms with E-state index in [1.54, 1.807) is 11.3 Å². The molecule has 1 aromatic heterocycles. The fourth-order valence-corrected chi connectivity index (χ4v) is 3.87. The zero-order valence-corrected chi connectivity index (χ0v) is 17.1. The molecule has 1 amide bonds. The molecule has 1 N–H and O–H groups in total. The zero-order chi connectivity index (χ0) is 19.1. The predicted octanol–water partition coefficient (Wildman–Crippen LogP) is 3.10. The minimum atomic E-state index is -0.0996. The normalized spacial score (nSPS) is 16.8. The van der Waals surface area contributed by atoms with Crippen molar-refractivity contribution in [2.45, 2.75) is 19.5 Å². The van der Waals surface area contributed by atoms with Crippen molar-refractivity contribution in [3.05, 3.63) is 51.7 Å². The summed E-state index contributed by atoms with van der Waals surface area (Å²) in [5.41, 5.74) is 0. The highest BCUT2D eigenvalue weighted by atomic mass is 35.5. The highest BCUT2D eigenvalue weighted by Crippen LogP contribution is 2.15. The molecular formula is C20H26ClN3O2S. The van der Waals surface area contributed by atoms with Crippen LogP contribution in [-0.4, -0.2) is 61.1 Å². The van der Waals surface area contributed by atoms with E-state index in [0.29, 0.717) is 18.2 Å². The molecule has 146 valence electrons. The first-order valence-corrected chi connectivity index (χ1v) is 10.5. The molecule has 0 bridgehead atoms. The first-order chi connectivity index (χ1) is 13.1. The molecule has 1 saturated heterocycles. The fraction of sp³-hybridized carbons (Fsp3) is 0.450. The van der Waals surface area contributed by atoms with Gasteiger partial charge in [-0.15, -0.1) is 11.3 Å². The van der Waals surface area contributed by atoms with Crippen LogP contribution in [0.3, 0.4) is 0 Å². The number of hydrogen-bond donors (Lipinski definition) is 1. The topological polar surface area (TPSA) is 44.8 Å². The van der Waals surface area contributed by atoms with E-state index < -0.39 is 0 Å². The van der Waals surface area contributed by atoms with Gasteiger partial charge in [-0.05, 0) is 42.6 Å². The number of hydrogen-bond acceptors (Lipinski definition) is 5. The van der Waals surface area contributed by atoms with Gasteiger partial charge in [0.25, 0.3) is 0 Å². The number of carbonyl (C=O) groups excluding carboxylic acids is 1. The molecule has 0 saturated carbocycles. The van der Waals surface area contributed by atoms with Gasteiger partial charge < -0.3 is 10.1 Å².